The van der Waals surface area contributed by atoms with E-state index in [1.807, 2.05) is 30.5 Å². The van der Waals surface area contributed by atoms with Crippen LogP contribution >= 0.6 is 22.9 Å². The molecule has 0 unspecified atom stereocenters. The van der Waals surface area contributed by atoms with E-state index in [1.165, 1.54) is 0 Å². The number of halogens is 1. The number of thiazole rings is 1. The fraction of sp³-hybridized carbons (Fsp3) is 0.357. The van der Waals surface area contributed by atoms with Crippen molar-refractivity contribution < 1.29 is 4.74 Å². The zero-order chi connectivity index (χ0) is 13.5. The molecule has 0 amide bonds. The zero-order valence-electron chi connectivity index (χ0n) is 10.9. The van der Waals surface area contributed by atoms with Crippen molar-refractivity contribution in [3.63, 3.8) is 0 Å². The minimum absolute atomic E-state index is 0.590. The Morgan fingerprint density at radius 2 is 2.05 bits per heavy atom. The SMILES string of the molecule is CCCNc1ncc(COCc2ccc(Cl)cc2)s1. The van der Waals surface area contributed by atoms with Gasteiger partial charge in [-0.3, -0.25) is 0 Å². The minimum Gasteiger partial charge on any atom is -0.371 e. The van der Waals surface area contributed by atoms with Crippen LogP contribution < -0.4 is 5.32 Å². The van der Waals surface area contributed by atoms with Crippen molar-refractivity contribution in [1.29, 1.82) is 0 Å². The van der Waals surface area contributed by atoms with Gasteiger partial charge in [-0.25, -0.2) is 4.98 Å². The number of nitrogens with zero attached hydrogens (tertiary/aromatic N) is 1. The fourth-order valence-electron chi connectivity index (χ4n) is 1.54. The molecule has 1 aromatic carbocycles. The first-order chi connectivity index (χ1) is 9.28. The molecule has 0 bridgehead atoms. The molecule has 102 valence electrons. The summed E-state index contributed by atoms with van der Waals surface area (Å²) in [5, 5.41) is 4.98. The van der Waals surface area contributed by atoms with E-state index in [1.54, 1.807) is 11.3 Å². The number of ether oxygens (including phenoxy) is 1. The van der Waals surface area contributed by atoms with Gasteiger partial charge in [-0.15, -0.1) is 0 Å². The van der Waals surface area contributed by atoms with Gasteiger partial charge in [0.05, 0.1) is 18.1 Å². The summed E-state index contributed by atoms with van der Waals surface area (Å²) in [6, 6.07) is 7.70. The Bertz CT molecular complexity index is 498. The summed E-state index contributed by atoms with van der Waals surface area (Å²) in [5.41, 5.74) is 1.12. The molecule has 2 rings (SSSR count). The molecule has 1 heterocycles. The molecule has 0 aliphatic heterocycles. The molecular weight excluding hydrogens is 280 g/mol. The summed E-state index contributed by atoms with van der Waals surface area (Å²) in [6.07, 6.45) is 2.96. The van der Waals surface area contributed by atoms with Crippen molar-refractivity contribution in [3.8, 4) is 0 Å². The zero-order valence-corrected chi connectivity index (χ0v) is 12.4. The summed E-state index contributed by atoms with van der Waals surface area (Å²) in [5.74, 6) is 0. The third kappa shape index (κ3) is 4.82. The molecule has 1 aromatic heterocycles. The lowest BCUT2D eigenvalue weighted by atomic mass is 10.2. The predicted molar refractivity (Wildman–Crippen MR) is 80.8 cm³/mol. The van der Waals surface area contributed by atoms with Crippen LogP contribution in [0, 0.1) is 0 Å². The fourth-order valence-corrected chi connectivity index (χ4v) is 2.44. The van der Waals surface area contributed by atoms with Gasteiger partial charge in [0, 0.05) is 17.8 Å². The largest absolute Gasteiger partial charge is 0.371 e. The maximum atomic E-state index is 5.83. The Morgan fingerprint density at radius 1 is 1.26 bits per heavy atom. The molecule has 0 aliphatic carbocycles. The normalized spacial score (nSPS) is 10.6. The Labute approximate surface area is 122 Å². The molecular formula is C14H17ClN2OS. The number of benzene rings is 1. The number of aromatic nitrogens is 1. The van der Waals surface area contributed by atoms with E-state index in [0.717, 1.165) is 33.6 Å². The summed E-state index contributed by atoms with van der Waals surface area (Å²) < 4.78 is 5.66. The van der Waals surface area contributed by atoms with Gasteiger partial charge in [0.2, 0.25) is 0 Å². The topological polar surface area (TPSA) is 34.2 Å². The highest BCUT2D eigenvalue weighted by molar-refractivity contribution is 7.15. The van der Waals surface area contributed by atoms with E-state index < -0.39 is 0 Å². The monoisotopic (exact) mass is 296 g/mol. The lowest BCUT2D eigenvalue weighted by Crippen LogP contribution is -1.97. The molecule has 2 aromatic rings. The summed E-state index contributed by atoms with van der Waals surface area (Å²) in [7, 11) is 0. The van der Waals surface area contributed by atoms with Crippen LogP contribution in [0.1, 0.15) is 23.8 Å². The van der Waals surface area contributed by atoms with Crippen LogP contribution in [-0.2, 0) is 18.0 Å². The number of nitrogens with one attached hydrogen (secondary N) is 1. The van der Waals surface area contributed by atoms with Crippen molar-refractivity contribution >= 4 is 28.1 Å². The quantitative estimate of drug-likeness (QED) is 0.825. The molecule has 0 spiro atoms. The van der Waals surface area contributed by atoms with Crippen molar-refractivity contribution in [1.82, 2.24) is 4.98 Å². The van der Waals surface area contributed by atoms with Crippen LogP contribution in [0.15, 0.2) is 30.5 Å². The molecule has 5 heteroatoms. The van der Waals surface area contributed by atoms with E-state index in [-0.39, 0.29) is 0 Å². The molecule has 0 fully saturated rings. The number of hydrogen-bond acceptors (Lipinski definition) is 4. The molecule has 19 heavy (non-hydrogen) atoms. The summed E-state index contributed by atoms with van der Waals surface area (Å²) in [4.78, 5) is 5.43. The van der Waals surface area contributed by atoms with Crippen LogP contribution in [0.3, 0.4) is 0 Å². The number of rotatable bonds is 7. The molecule has 0 saturated carbocycles. The highest BCUT2D eigenvalue weighted by Gasteiger charge is 2.01. The summed E-state index contributed by atoms with van der Waals surface area (Å²) in [6.45, 7) is 4.27. The van der Waals surface area contributed by atoms with Crippen molar-refractivity contribution in [2.75, 3.05) is 11.9 Å². The average Bonchev–Trinajstić information content (AvgIpc) is 2.87. The van der Waals surface area contributed by atoms with Crippen LogP contribution in [0.5, 0.6) is 0 Å². The van der Waals surface area contributed by atoms with Crippen LogP contribution in [0.25, 0.3) is 0 Å². The lowest BCUT2D eigenvalue weighted by molar-refractivity contribution is 0.109. The van der Waals surface area contributed by atoms with E-state index in [2.05, 4.69) is 17.2 Å². The van der Waals surface area contributed by atoms with Crippen LogP contribution in [0.4, 0.5) is 5.13 Å². The van der Waals surface area contributed by atoms with Crippen LogP contribution in [-0.4, -0.2) is 11.5 Å². The lowest BCUT2D eigenvalue weighted by Gasteiger charge is -2.02. The minimum atomic E-state index is 0.590. The highest BCUT2D eigenvalue weighted by Crippen LogP contribution is 2.19. The Kier molecular flexibility index (Phi) is 5.63. The highest BCUT2D eigenvalue weighted by atomic mass is 35.5. The Morgan fingerprint density at radius 3 is 2.79 bits per heavy atom. The van der Waals surface area contributed by atoms with Gasteiger partial charge in [0.25, 0.3) is 0 Å². The second-order valence-electron chi connectivity index (χ2n) is 4.18. The van der Waals surface area contributed by atoms with Gasteiger partial charge in [0.15, 0.2) is 5.13 Å². The van der Waals surface area contributed by atoms with Crippen LogP contribution in [0.2, 0.25) is 5.02 Å². The molecule has 0 saturated heterocycles. The second-order valence-corrected chi connectivity index (χ2v) is 5.73. The molecule has 3 nitrogen and oxygen atoms in total. The average molecular weight is 297 g/mol. The Balaban J connectivity index is 1.76. The smallest absolute Gasteiger partial charge is 0.182 e. The van der Waals surface area contributed by atoms with Gasteiger partial charge in [-0.1, -0.05) is 42.0 Å². The maximum absolute atomic E-state index is 5.83. The van der Waals surface area contributed by atoms with Gasteiger partial charge in [-0.2, -0.15) is 0 Å². The van der Waals surface area contributed by atoms with Crippen molar-refractivity contribution in [2.45, 2.75) is 26.6 Å². The predicted octanol–water partition coefficient (Wildman–Crippen LogP) is 4.34. The van der Waals surface area contributed by atoms with E-state index in [4.69, 9.17) is 16.3 Å². The second kappa shape index (κ2) is 7.48. The number of anilines is 1. The van der Waals surface area contributed by atoms with Gasteiger partial charge < -0.3 is 10.1 Å². The molecule has 0 aliphatic rings. The standard InChI is InChI=1S/C14H17ClN2OS/c1-2-7-16-14-17-8-13(19-14)10-18-9-11-3-5-12(15)6-4-11/h3-6,8H,2,7,9-10H2,1H3,(H,16,17). The summed E-state index contributed by atoms with van der Waals surface area (Å²) >= 11 is 7.47. The maximum Gasteiger partial charge on any atom is 0.182 e. The molecule has 0 atom stereocenters. The van der Waals surface area contributed by atoms with Gasteiger partial charge in [-0.05, 0) is 24.1 Å². The Hall–Kier alpha value is -1.10. The third-order valence-electron chi connectivity index (χ3n) is 2.51. The first-order valence-electron chi connectivity index (χ1n) is 6.28. The molecule has 0 radical (unpaired) electrons. The molecule has 1 N–H and O–H groups in total. The third-order valence-corrected chi connectivity index (χ3v) is 3.69. The van der Waals surface area contributed by atoms with Gasteiger partial charge >= 0.3 is 0 Å². The van der Waals surface area contributed by atoms with Gasteiger partial charge in [0.1, 0.15) is 0 Å². The number of hydrogen-bond donors (Lipinski definition) is 1. The first-order valence-corrected chi connectivity index (χ1v) is 7.48. The van der Waals surface area contributed by atoms with E-state index >= 15 is 0 Å². The van der Waals surface area contributed by atoms with E-state index in [0.29, 0.717) is 13.2 Å². The van der Waals surface area contributed by atoms with E-state index in [9.17, 15) is 0 Å². The van der Waals surface area contributed by atoms with Crippen molar-refractivity contribution in [2.24, 2.45) is 0 Å². The van der Waals surface area contributed by atoms with Crippen molar-refractivity contribution in [3.05, 3.63) is 45.9 Å². The first kappa shape index (κ1) is 14.3.